The van der Waals surface area contributed by atoms with Gasteiger partial charge in [-0.2, -0.15) is 0 Å². The molecule has 5 N–H and O–H groups in total. The average Bonchev–Trinajstić information content (AvgIpc) is 3.77. The third kappa shape index (κ3) is 8.26. The van der Waals surface area contributed by atoms with Crippen molar-refractivity contribution in [1.29, 1.82) is 0 Å². The lowest BCUT2D eigenvalue weighted by molar-refractivity contribution is -0.140. The van der Waals surface area contributed by atoms with E-state index in [2.05, 4.69) is 46.3 Å². The first-order valence-corrected chi connectivity index (χ1v) is 18.9. The Morgan fingerprint density at radius 3 is 2.17 bits per heavy atom. The molecule has 0 aromatic heterocycles. The Morgan fingerprint density at radius 1 is 0.778 bits per heavy atom. The lowest BCUT2D eigenvalue weighted by Gasteiger charge is -2.31. The summed E-state index contributed by atoms with van der Waals surface area (Å²) in [6.07, 6.45) is 2.16. The Hall–Kier alpha value is -5.68. The zero-order valence-corrected chi connectivity index (χ0v) is 30.2. The number of rotatable bonds is 12. The molecule has 4 atom stereocenters. The van der Waals surface area contributed by atoms with Crippen molar-refractivity contribution in [2.75, 3.05) is 19.7 Å². The molecule has 4 aromatic carbocycles. The van der Waals surface area contributed by atoms with Crippen molar-refractivity contribution in [2.24, 2.45) is 5.73 Å². The zero-order chi connectivity index (χ0) is 37.4. The molecule has 11 nitrogen and oxygen atoms in total. The summed E-state index contributed by atoms with van der Waals surface area (Å²) in [7, 11) is 0. The average molecular weight is 730 g/mol. The van der Waals surface area contributed by atoms with Crippen LogP contribution in [0.3, 0.4) is 0 Å². The topological polar surface area (TPSA) is 152 Å². The molecule has 2 aliphatic carbocycles. The summed E-state index contributed by atoms with van der Waals surface area (Å²) in [5, 5.41) is 8.87. The van der Waals surface area contributed by atoms with Crippen molar-refractivity contribution in [3.63, 3.8) is 0 Å². The maximum Gasteiger partial charge on any atom is 0.408 e. The second kappa shape index (κ2) is 17.0. The zero-order valence-electron chi connectivity index (χ0n) is 30.2. The molecule has 1 fully saturated rings. The fourth-order valence-corrected chi connectivity index (χ4v) is 8.10. The standard InChI is InChI=1S/C43H47N5O6/c44-23-11-22-38(47-43(52)53-26-28-12-2-1-3-13-28)41(50)48-25-30(24-39(48)40(49)46-37-21-10-15-29-14-4-5-16-31(29)37)45-42(51)54-27-36-34-19-8-6-17-32(34)33-18-7-9-20-35(33)36/h1-9,12-14,16-20,30,36-39H,10-11,15,21-27,44H2,(H,45,51)(H,46,49)(H,47,52)/t30-,37+,38-,39-/m0/s1. The molecule has 4 aromatic rings. The fourth-order valence-electron chi connectivity index (χ4n) is 8.10. The van der Waals surface area contributed by atoms with E-state index in [1.807, 2.05) is 72.8 Å². The first kappa shape index (κ1) is 36.7. The Labute approximate surface area is 315 Å². The van der Waals surface area contributed by atoms with Crippen molar-refractivity contribution in [2.45, 2.75) is 75.2 Å². The van der Waals surface area contributed by atoms with Crippen LogP contribution in [0.25, 0.3) is 11.1 Å². The van der Waals surface area contributed by atoms with E-state index in [4.69, 9.17) is 15.2 Å². The van der Waals surface area contributed by atoms with Crippen LogP contribution < -0.4 is 21.7 Å². The van der Waals surface area contributed by atoms with Gasteiger partial charge in [-0.15, -0.1) is 0 Å². The summed E-state index contributed by atoms with van der Waals surface area (Å²) in [6.45, 7) is 0.536. The SMILES string of the molecule is NCCC[C@H](NC(=O)OCc1ccccc1)C(=O)N1C[C@@H](NC(=O)OCC2c3ccccc3-c3ccccc32)C[C@H]1C(=O)N[C@@H]1CCCc2ccccc21. The summed E-state index contributed by atoms with van der Waals surface area (Å²) in [5.74, 6) is -0.870. The van der Waals surface area contributed by atoms with Crippen LogP contribution in [0.15, 0.2) is 103 Å². The predicted octanol–water partition coefficient (Wildman–Crippen LogP) is 5.72. The van der Waals surface area contributed by atoms with Crippen LogP contribution in [0, 0.1) is 0 Å². The number of hydrogen-bond donors (Lipinski definition) is 4. The highest BCUT2D eigenvalue weighted by Crippen LogP contribution is 2.44. The molecule has 7 rings (SSSR count). The fraction of sp³-hybridized carbons (Fsp3) is 0.349. The number of carbonyl (C=O) groups is 4. The highest BCUT2D eigenvalue weighted by molar-refractivity contribution is 5.92. The number of aryl methyl sites for hydroxylation is 1. The van der Waals surface area contributed by atoms with Crippen LogP contribution in [-0.2, 0) is 32.1 Å². The molecule has 1 heterocycles. The van der Waals surface area contributed by atoms with E-state index >= 15 is 0 Å². The maximum atomic E-state index is 14.3. The number of ether oxygens (including phenoxy) is 2. The van der Waals surface area contributed by atoms with Crippen LogP contribution in [-0.4, -0.2) is 66.7 Å². The third-order valence-corrected chi connectivity index (χ3v) is 10.7. The first-order chi connectivity index (χ1) is 26.4. The number of carbonyl (C=O) groups excluding carboxylic acids is 4. The molecule has 3 aliphatic rings. The number of fused-ring (bicyclic) bond motifs is 4. The number of amides is 4. The van der Waals surface area contributed by atoms with Gasteiger partial charge in [0.05, 0.1) is 12.1 Å². The molecule has 0 unspecified atom stereocenters. The quantitative estimate of drug-likeness (QED) is 0.146. The first-order valence-electron chi connectivity index (χ1n) is 18.9. The van der Waals surface area contributed by atoms with E-state index in [0.29, 0.717) is 13.0 Å². The molecule has 0 saturated carbocycles. The molecule has 11 heteroatoms. The molecular weight excluding hydrogens is 683 g/mol. The molecule has 54 heavy (non-hydrogen) atoms. The van der Waals surface area contributed by atoms with Crippen LogP contribution in [0.1, 0.15) is 71.9 Å². The minimum atomic E-state index is -0.990. The van der Waals surface area contributed by atoms with Gasteiger partial charge in [0, 0.05) is 12.5 Å². The Balaban J connectivity index is 1.05. The third-order valence-electron chi connectivity index (χ3n) is 10.7. The van der Waals surface area contributed by atoms with Gasteiger partial charge in [0.15, 0.2) is 0 Å². The van der Waals surface area contributed by atoms with Gasteiger partial charge in [-0.25, -0.2) is 9.59 Å². The van der Waals surface area contributed by atoms with Gasteiger partial charge in [-0.1, -0.05) is 103 Å². The number of hydrogen-bond acceptors (Lipinski definition) is 7. The lowest BCUT2D eigenvalue weighted by Crippen LogP contribution is -2.54. The summed E-state index contributed by atoms with van der Waals surface area (Å²) < 4.78 is 11.3. The Morgan fingerprint density at radius 2 is 1.44 bits per heavy atom. The van der Waals surface area contributed by atoms with E-state index < -0.39 is 36.2 Å². The normalized spacial score (nSPS) is 19.1. The van der Waals surface area contributed by atoms with Crippen molar-refractivity contribution < 1.29 is 28.7 Å². The molecule has 0 bridgehead atoms. The predicted molar refractivity (Wildman–Crippen MR) is 204 cm³/mol. The van der Waals surface area contributed by atoms with E-state index in [-0.39, 0.29) is 50.5 Å². The minimum Gasteiger partial charge on any atom is -0.449 e. The smallest absolute Gasteiger partial charge is 0.408 e. The van der Waals surface area contributed by atoms with Gasteiger partial charge in [0.25, 0.3) is 0 Å². The van der Waals surface area contributed by atoms with E-state index in [1.165, 1.54) is 10.5 Å². The van der Waals surface area contributed by atoms with Gasteiger partial charge in [-0.3, -0.25) is 9.59 Å². The lowest BCUT2D eigenvalue weighted by atomic mass is 9.87. The van der Waals surface area contributed by atoms with Crippen molar-refractivity contribution in [3.05, 3.63) is 131 Å². The molecule has 1 saturated heterocycles. The van der Waals surface area contributed by atoms with Gasteiger partial charge < -0.3 is 36.1 Å². The summed E-state index contributed by atoms with van der Waals surface area (Å²) in [5.41, 5.74) is 13.4. The Kier molecular flexibility index (Phi) is 11.5. The summed E-state index contributed by atoms with van der Waals surface area (Å²) in [6, 6.07) is 30.9. The molecule has 0 spiro atoms. The van der Waals surface area contributed by atoms with Gasteiger partial charge in [-0.05, 0) is 84.0 Å². The maximum absolute atomic E-state index is 14.3. The Bertz CT molecular complexity index is 1930. The van der Waals surface area contributed by atoms with Crippen LogP contribution in [0.4, 0.5) is 9.59 Å². The van der Waals surface area contributed by atoms with E-state index in [1.54, 1.807) is 0 Å². The van der Waals surface area contributed by atoms with Crippen LogP contribution in [0.2, 0.25) is 0 Å². The van der Waals surface area contributed by atoms with Crippen molar-refractivity contribution in [3.8, 4) is 11.1 Å². The number of benzene rings is 4. The largest absolute Gasteiger partial charge is 0.449 e. The molecule has 4 amide bonds. The second-order valence-electron chi connectivity index (χ2n) is 14.3. The highest BCUT2D eigenvalue weighted by Gasteiger charge is 2.43. The van der Waals surface area contributed by atoms with E-state index in [9.17, 15) is 19.2 Å². The number of likely N-dealkylation sites (tertiary alicyclic amines) is 1. The van der Waals surface area contributed by atoms with Crippen molar-refractivity contribution >= 4 is 24.0 Å². The van der Waals surface area contributed by atoms with Crippen molar-refractivity contribution in [1.82, 2.24) is 20.9 Å². The van der Waals surface area contributed by atoms with E-state index in [0.717, 1.165) is 52.6 Å². The van der Waals surface area contributed by atoms with Gasteiger partial charge in [0.1, 0.15) is 25.3 Å². The van der Waals surface area contributed by atoms with Crippen LogP contribution in [0.5, 0.6) is 0 Å². The monoisotopic (exact) mass is 729 g/mol. The number of nitrogens with two attached hydrogens (primary N) is 1. The summed E-state index contributed by atoms with van der Waals surface area (Å²) in [4.78, 5) is 56.3. The highest BCUT2D eigenvalue weighted by atomic mass is 16.6. The van der Waals surface area contributed by atoms with Gasteiger partial charge in [0.2, 0.25) is 11.8 Å². The van der Waals surface area contributed by atoms with Crippen LogP contribution >= 0.6 is 0 Å². The van der Waals surface area contributed by atoms with Gasteiger partial charge >= 0.3 is 12.2 Å². The molecule has 280 valence electrons. The molecule has 1 aliphatic heterocycles. The minimum absolute atomic E-state index is 0.0359. The second-order valence-corrected chi connectivity index (χ2v) is 14.3. The molecular formula is C43H47N5O6. The number of alkyl carbamates (subject to hydrolysis) is 2. The molecule has 0 radical (unpaired) electrons. The number of nitrogens with one attached hydrogen (secondary N) is 3. The summed E-state index contributed by atoms with van der Waals surface area (Å²) >= 11 is 0. The number of nitrogens with zero attached hydrogens (tertiary/aromatic N) is 1.